The molecule has 0 bridgehead atoms. The van der Waals surface area contributed by atoms with E-state index in [0.717, 1.165) is 14.7 Å². The van der Waals surface area contributed by atoms with Gasteiger partial charge in [0.25, 0.3) is 11.8 Å². The Labute approximate surface area is 172 Å². The topological polar surface area (TPSA) is 58.2 Å². The van der Waals surface area contributed by atoms with Crippen molar-refractivity contribution < 1.29 is 9.59 Å². The molecule has 0 heterocycles. The van der Waals surface area contributed by atoms with Crippen LogP contribution >= 0.6 is 22.6 Å². The Kier molecular flexibility index (Phi) is 6.24. The van der Waals surface area contributed by atoms with Crippen LogP contribution in [0.5, 0.6) is 0 Å². The van der Waals surface area contributed by atoms with E-state index in [-0.39, 0.29) is 11.8 Å². The molecule has 0 fully saturated rings. The predicted molar refractivity (Wildman–Crippen MR) is 116 cm³/mol. The molecule has 0 radical (unpaired) electrons. The summed E-state index contributed by atoms with van der Waals surface area (Å²) in [5, 5.41) is 5.74. The summed E-state index contributed by atoms with van der Waals surface area (Å²) in [5.41, 5.74) is 3.84. The van der Waals surface area contributed by atoms with Crippen LogP contribution in [0.4, 0.5) is 5.69 Å². The van der Waals surface area contributed by atoms with Gasteiger partial charge in [-0.2, -0.15) is 0 Å². The summed E-state index contributed by atoms with van der Waals surface area (Å²) >= 11 is 2.21. The maximum absolute atomic E-state index is 12.5. The number of rotatable bonds is 5. The minimum Gasteiger partial charge on any atom is -0.348 e. The number of benzene rings is 3. The molecule has 3 aromatic carbocycles. The molecule has 2 N–H and O–H groups in total. The fraction of sp³-hybridized carbons (Fsp3) is 0.0909. The maximum atomic E-state index is 12.5. The zero-order valence-corrected chi connectivity index (χ0v) is 17.0. The third-order valence-electron chi connectivity index (χ3n) is 4.11. The second-order valence-corrected chi connectivity index (χ2v) is 7.33. The average molecular weight is 470 g/mol. The summed E-state index contributed by atoms with van der Waals surface area (Å²) in [4.78, 5) is 24.8. The van der Waals surface area contributed by atoms with Gasteiger partial charge in [-0.1, -0.05) is 42.5 Å². The van der Waals surface area contributed by atoms with Gasteiger partial charge in [0.1, 0.15) is 0 Å². The molecule has 2 amide bonds. The van der Waals surface area contributed by atoms with Crippen LogP contribution in [0.1, 0.15) is 31.8 Å². The third-order valence-corrected chi connectivity index (χ3v) is 5.27. The van der Waals surface area contributed by atoms with Crippen molar-refractivity contribution in [2.24, 2.45) is 0 Å². The molecule has 4 nitrogen and oxygen atoms in total. The van der Waals surface area contributed by atoms with E-state index in [2.05, 4.69) is 33.2 Å². The molecule has 0 aliphatic rings. The van der Waals surface area contributed by atoms with Gasteiger partial charge in [-0.25, -0.2) is 0 Å². The Balaban J connectivity index is 1.66. The lowest BCUT2D eigenvalue weighted by molar-refractivity contribution is 0.0949. The molecule has 0 aliphatic heterocycles. The van der Waals surface area contributed by atoms with Gasteiger partial charge in [-0.05, 0) is 71.0 Å². The summed E-state index contributed by atoms with van der Waals surface area (Å²) in [6.45, 7) is 2.46. The first-order valence-corrected chi connectivity index (χ1v) is 9.60. The number of carbonyl (C=O) groups is 2. The average Bonchev–Trinajstić information content (AvgIpc) is 2.69. The van der Waals surface area contributed by atoms with Crippen LogP contribution < -0.4 is 10.6 Å². The Morgan fingerprint density at radius 1 is 0.852 bits per heavy atom. The number of aryl methyl sites for hydroxylation is 1. The molecule has 0 atom stereocenters. The molecular formula is C22H19IN2O2. The lowest BCUT2D eigenvalue weighted by Crippen LogP contribution is -2.23. The Morgan fingerprint density at radius 3 is 2.33 bits per heavy atom. The van der Waals surface area contributed by atoms with Crippen LogP contribution in [0, 0.1) is 10.5 Å². The fourth-order valence-electron chi connectivity index (χ4n) is 2.56. The van der Waals surface area contributed by atoms with Gasteiger partial charge in [0.05, 0.1) is 0 Å². The van der Waals surface area contributed by atoms with E-state index < -0.39 is 0 Å². The molecule has 0 saturated carbocycles. The lowest BCUT2D eigenvalue weighted by Gasteiger charge is -2.09. The SMILES string of the molecule is Cc1ccc(C(=O)Nc2cccc(C(=O)NCc3ccccc3)c2)cc1I. The van der Waals surface area contributed by atoms with Crippen molar-refractivity contribution in [2.75, 3.05) is 5.32 Å². The van der Waals surface area contributed by atoms with Gasteiger partial charge >= 0.3 is 0 Å². The molecule has 3 rings (SSSR count). The van der Waals surface area contributed by atoms with Crippen LogP contribution in [0.25, 0.3) is 0 Å². The summed E-state index contributed by atoms with van der Waals surface area (Å²) in [6.07, 6.45) is 0. The fourth-order valence-corrected chi connectivity index (χ4v) is 3.07. The molecule has 5 heteroatoms. The molecule has 0 aliphatic carbocycles. The Hall–Kier alpha value is -2.67. The molecule has 3 aromatic rings. The number of halogens is 1. The van der Waals surface area contributed by atoms with E-state index in [1.165, 1.54) is 0 Å². The summed E-state index contributed by atoms with van der Waals surface area (Å²) in [7, 11) is 0. The highest BCUT2D eigenvalue weighted by Gasteiger charge is 2.10. The largest absolute Gasteiger partial charge is 0.348 e. The van der Waals surface area contributed by atoms with E-state index in [0.29, 0.717) is 23.4 Å². The number of amides is 2. The van der Waals surface area contributed by atoms with Gasteiger partial charge in [-0.3, -0.25) is 9.59 Å². The first-order chi connectivity index (χ1) is 13.0. The van der Waals surface area contributed by atoms with E-state index in [4.69, 9.17) is 0 Å². The molecule has 0 unspecified atom stereocenters. The van der Waals surface area contributed by atoms with E-state index >= 15 is 0 Å². The quantitative estimate of drug-likeness (QED) is 0.528. The number of hydrogen-bond acceptors (Lipinski definition) is 2. The van der Waals surface area contributed by atoms with Crippen LogP contribution in [0.3, 0.4) is 0 Å². The summed E-state index contributed by atoms with van der Waals surface area (Å²) in [5.74, 6) is -0.380. The maximum Gasteiger partial charge on any atom is 0.255 e. The van der Waals surface area contributed by atoms with Crippen molar-refractivity contribution in [3.05, 3.63) is 98.6 Å². The Morgan fingerprint density at radius 2 is 1.59 bits per heavy atom. The van der Waals surface area contributed by atoms with Crippen molar-refractivity contribution in [3.8, 4) is 0 Å². The number of hydrogen-bond donors (Lipinski definition) is 2. The predicted octanol–water partition coefficient (Wildman–Crippen LogP) is 4.78. The van der Waals surface area contributed by atoms with Gasteiger partial charge in [0.15, 0.2) is 0 Å². The molecule has 0 saturated heterocycles. The summed E-state index contributed by atoms with van der Waals surface area (Å²) in [6, 6.07) is 22.2. The van der Waals surface area contributed by atoms with E-state index in [1.54, 1.807) is 30.3 Å². The summed E-state index contributed by atoms with van der Waals surface area (Å²) < 4.78 is 1.04. The van der Waals surface area contributed by atoms with Gasteiger partial charge < -0.3 is 10.6 Å². The highest BCUT2D eigenvalue weighted by Crippen LogP contribution is 2.16. The smallest absolute Gasteiger partial charge is 0.255 e. The number of anilines is 1. The first-order valence-electron chi connectivity index (χ1n) is 8.52. The lowest BCUT2D eigenvalue weighted by atomic mass is 10.1. The van der Waals surface area contributed by atoms with Crippen LogP contribution in [-0.4, -0.2) is 11.8 Å². The van der Waals surface area contributed by atoms with Crippen LogP contribution in [0.2, 0.25) is 0 Å². The number of nitrogens with one attached hydrogen (secondary N) is 2. The minimum atomic E-state index is -0.199. The van der Waals surface area contributed by atoms with Crippen molar-refractivity contribution in [1.82, 2.24) is 5.32 Å². The Bertz CT molecular complexity index is 971. The molecule has 0 aromatic heterocycles. The van der Waals surface area contributed by atoms with Crippen molar-refractivity contribution in [2.45, 2.75) is 13.5 Å². The minimum absolute atomic E-state index is 0.181. The molecular weight excluding hydrogens is 451 g/mol. The molecule has 0 spiro atoms. The highest BCUT2D eigenvalue weighted by molar-refractivity contribution is 14.1. The standard InChI is InChI=1S/C22H19IN2O2/c1-15-10-11-18(13-20(15)23)22(27)25-19-9-5-8-17(12-19)21(26)24-14-16-6-3-2-4-7-16/h2-13H,14H2,1H3,(H,24,26)(H,25,27). The van der Waals surface area contributed by atoms with Crippen LogP contribution in [0.15, 0.2) is 72.8 Å². The van der Waals surface area contributed by atoms with Gasteiger partial charge in [0, 0.05) is 26.9 Å². The third kappa shape index (κ3) is 5.17. The van der Waals surface area contributed by atoms with E-state index in [9.17, 15) is 9.59 Å². The first kappa shape index (κ1) is 19.1. The molecule has 136 valence electrons. The second kappa shape index (κ2) is 8.81. The highest BCUT2D eigenvalue weighted by atomic mass is 127. The van der Waals surface area contributed by atoms with Gasteiger partial charge in [-0.15, -0.1) is 0 Å². The van der Waals surface area contributed by atoms with Crippen molar-refractivity contribution >= 4 is 40.1 Å². The monoisotopic (exact) mass is 470 g/mol. The number of carbonyl (C=O) groups excluding carboxylic acids is 2. The van der Waals surface area contributed by atoms with Crippen molar-refractivity contribution in [1.29, 1.82) is 0 Å². The van der Waals surface area contributed by atoms with Gasteiger partial charge in [0.2, 0.25) is 0 Å². The normalized spacial score (nSPS) is 10.3. The zero-order valence-electron chi connectivity index (χ0n) is 14.8. The van der Waals surface area contributed by atoms with E-state index in [1.807, 2.05) is 49.4 Å². The zero-order chi connectivity index (χ0) is 19.2. The molecule has 27 heavy (non-hydrogen) atoms. The van der Waals surface area contributed by atoms with Crippen LogP contribution in [-0.2, 0) is 6.54 Å². The van der Waals surface area contributed by atoms with Crippen molar-refractivity contribution in [3.63, 3.8) is 0 Å². The second-order valence-electron chi connectivity index (χ2n) is 6.17.